The summed E-state index contributed by atoms with van der Waals surface area (Å²) in [7, 11) is 4.77. The number of nitrogens with zero attached hydrogens (tertiary/aromatic N) is 2. The lowest BCUT2D eigenvalue weighted by Crippen LogP contribution is -2.25. The first-order valence-electron chi connectivity index (χ1n) is 9.72. The summed E-state index contributed by atoms with van der Waals surface area (Å²) < 4.78 is 18.3. The van der Waals surface area contributed by atoms with E-state index in [0.717, 1.165) is 22.4 Å². The molecule has 0 saturated carbocycles. The van der Waals surface area contributed by atoms with Gasteiger partial charge in [0, 0.05) is 29.5 Å². The normalized spacial score (nSPS) is 15.4. The maximum absolute atomic E-state index is 12.7. The molecule has 2 heterocycles. The highest BCUT2D eigenvalue weighted by atomic mass is 16.5. The molecule has 0 aliphatic carbocycles. The van der Waals surface area contributed by atoms with Crippen LogP contribution < -0.4 is 19.5 Å². The average molecular weight is 407 g/mol. The van der Waals surface area contributed by atoms with Gasteiger partial charge in [-0.2, -0.15) is 5.10 Å². The maximum atomic E-state index is 12.7. The van der Waals surface area contributed by atoms with Crippen molar-refractivity contribution in [3.8, 4) is 22.9 Å². The van der Waals surface area contributed by atoms with Crippen molar-refractivity contribution < 1.29 is 19.0 Å². The van der Waals surface area contributed by atoms with Crippen LogP contribution in [0.3, 0.4) is 0 Å². The number of carbonyl (C=O) groups excluding carboxylic acids is 1. The van der Waals surface area contributed by atoms with Crippen LogP contribution in [0.15, 0.2) is 36.5 Å². The molecule has 4 rings (SSSR count). The number of rotatable bonds is 5. The summed E-state index contributed by atoms with van der Waals surface area (Å²) in [5.41, 5.74) is 4.98. The van der Waals surface area contributed by atoms with Gasteiger partial charge >= 0.3 is 0 Å². The molecule has 7 heteroatoms. The summed E-state index contributed by atoms with van der Waals surface area (Å²) in [6.45, 7) is 4.09. The standard InChI is InChI=1S/C23H25N3O4/c1-13-6-7-18(14(2)8-13)26-23-17(12-24-26)15(10-22(27)25-23)16-9-20(29-4)21(30-5)11-19(16)28-3/h6-9,11-12,15H,10H2,1-5H3,(H,25,27). The minimum atomic E-state index is -0.219. The molecule has 0 radical (unpaired) electrons. The van der Waals surface area contributed by atoms with E-state index in [1.165, 1.54) is 5.56 Å². The van der Waals surface area contributed by atoms with Crippen LogP contribution in [0.4, 0.5) is 5.82 Å². The van der Waals surface area contributed by atoms with Gasteiger partial charge in [-0.15, -0.1) is 0 Å². The van der Waals surface area contributed by atoms with Gasteiger partial charge in [-0.3, -0.25) is 4.79 Å². The lowest BCUT2D eigenvalue weighted by molar-refractivity contribution is -0.116. The number of aromatic nitrogens is 2. The molecule has 1 N–H and O–H groups in total. The summed E-state index contributed by atoms with van der Waals surface area (Å²) in [6, 6.07) is 9.82. The van der Waals surface area contributed by atoms with Crippen LogP contribution in [-0.2, 0) is 4.79 Å². The average Bonchev–Trinajstić information content (AvgIpc) is 3.15. The minimum absolute atomic E-state index is 0.0733. The highest BCUT2D eigenvalue weighted by Crippen LogP contribution is 2.45. The SMILES string of the molecule is COc1cc(OC)c(C2CC(=O)Nc3c2cnn3-c2ccc(C)cc2C)cc1OC. The Balaban J connectivity index is 1.86. The summed E-state index contributed by atoms with van der Waals surface area (Å²) >= 11 is 0. The van der Waals surface area contributed by atoms with Crippen molar-refractivity contribution in [1.82, 2.24) is 9.78 Å². The number of aryl methyl sites for hydroxylation is 2. The summed E-state index contributed by atoms with van der Waals surface area (Å²) in [5, 5.41) is 7.61. The first kappa shape index (κ1) is 19.8. The molecule has 1 aromatic heterocycles. The highest BCUT2D eigenvalue weighted by molar-refractivity contribution is 5.95. The van der Waals surface area contributed by atoms with Crippen LogP contribution in [0.5, 0.6) is 17.2 Å². The van der Waals surface area contributed by atoms with Gasteiger partial charge < -0.3 is 19.5 Å². The maximum Gasteiger partial charge on any atom is 0.226 e. The fourth-order valence-electron chi connectivity index (χ4n) is 4.05. The van der Waals surface area contributed by atoms with Crippen molar-refractivity contribution >= 4 is 11.7 Å². The molecule has 0 bridgehead atoms. The summed E-state index contributed by atoms with van der Waals surface area (Å²) in [6.07, 6.45) is 2.10. The van der Waals surface area contributed by atoms with E-state index in [2.05, 4.69) is 23.4 Å². The van der Waals surface area contributed by atoms with E-state index >= 15 is 0 Å². The zero-order valence-electron chi connectivity index (χ0n) is 17.8. The lowest BCUT2D eigenvalue weighted by atomic mass is 9.86. The van der Waals surface area contributed by atoms with Crippen LogP contribution in [0.2, 0.25) is 0 Å². The first-order valence-corrected chi connectivity index (χ1v) is 9.72. The Kier molecular flexibility index (Phi) is 5.11. The zero-order chi connectivity index (χ0) is 21.4. The summed E-state index contributed by atoms with van der Waals surface area (Å²) in [4.78, 5) is 12.7. The van der Waals surface area contributed by atoms with Crippen molar-refractivity contribution in [1.29, 1.82) is 0 Å². The molecule has 0 spiro atoms. The smallest absolute Gasteiger partial charge is 0.226 e. The molecule has 156 valence electrons. The van der Waals surface area contributed by atoms with Crippen molar-refractivity contribution in [2.75, 3.05) is 26.6 Å². The van der Waals surface area contributed by atoms with Crippen molar-refractivity contribution in [2.45, 2.75) is 26.2 Å². The molecule has 7 nitrogen and oxygen atoms in total. The zero-order valence-corrected chi connectivity index (χ0v) is 17.8. The van der Waals surface area contributed by atoms with Gasteiger partial charge in [0.15, 0.2) is 11.5 Å². The van der Waals surface area contributed by atoms with Crippen LogP contribution in [0.25, 0.3) is 5.69 Å². The van der Waals surface area contributed by atoms with E-state index < -0.39 is 0 Å². The van der Waals surface area contributed by atoms with Crippen LogP contribution in [0, 0.1) is 13.8 Å². The monoisotopic (exact) mass is 407 g/mol. The van der Waals surface area contributed by atoms with E-state index in [0.29, 0.717) is 23.1 Å². The van der Waals surface area contributed by atoms with Gasteiger partial charge in [0.05, 0.1) is 33.2 Å². The van der Waals surface area contributed by atoms with Gasteiger partial charge in [0.1, 0.15) is 11.6 Å². The van der Waals surface area contributed by atoms with Crippen LogP contribution in [-0.4, -0.2) is 37.0 Å². The fraction of sp³-hybridized carbons (Fsp3) is 0.304. The number of nitrogens with one attached hydrogen (secondary N) is 1. The van der Waals surface area contributed by atoms with Crippen molar-refractivity contribution in [3.05, 3.63) is 58.8 Å². The number of benzene rings is 2. The number of ether oxygens (including phenoxy) is 3. The Morgan fingerprint density at radius 1 is 0.967 bits per heavy atom. The molecule has 0 saturated heterocycles. The molecular weight excluding hydrogens is 382 g/mol. The first-order chi connectivity index (χ1) is 14.5. The number of methoxy groups -OCH3 is 3. The molecule has 1 atom stereocenters. The van der Waals surface area contributed by atoms with Gasteiger partial charge in [0.2, 0.25) is 5.91 Å². The van der Waals surface area contributed by atoms with Crippen molar-refractivity contribution in [2.24, 2.45) is 0 Å². The third kappa shape index (κ3) is 3.26. The predicted octanol–water partition coefficient (Wildman–Crippen LogP) is 3.99. The topological polar surface area (TPSA) is 74.6 Å². The Morgan fingerprint density at radius 2 is 1.67 bits per heavy atom. The second kappa shape index (κ2) is 7.74. The Hall–Kier alpha value is -3.48. The van der Waals surface area contributed by atoms with E-state index in [-0.39, 0.29) is 18.2 Å². The fourth-order valence-corrected chi connectivity index (χ4v) is 4.05. The molecule has 1 unspecified atom stereocenters. The molecule has 0 fully saturated rings. The Bertz CT molecular complexity index is 1120. The number of fused-ring (bicyclic) bond motifs is 1. The van der Waals surface area contributed by atoms with Crippen LogP contribution in [0.1, 0.15) is 34.6 Å². The molecule has 1 aliphatic heterocycles. The predicted molar refractivity (Wildman–Crippen MR) is 114 cm³/mol. The molecule has 2 aromatic carbocycles. The minimum Gasteiger partial charge on any atom is -0.496 e. The lowest BCUT2D eigenvalue weighted by Gasteiger charge is -2.26. The molecule has 3 aromatic rings. The Morgan fingerprint density at radius 3 is 2.33 bits per heavy atom. The van der Waals surface area contributed by atoms with Gasteiger partial charge in [-0.1, -0.05) is 17.7 Å². The second-order valence-corrected chi connectivity index (χ2v) is 7.40. The number of anilines is 1. The number of hydrogen-bond donors (Lipinski definition) is 1. The number of amides is 1. The third-order valence-corrected chi connectivity index (χ3v) is 5.51. The molecular formula is C23H25N3O4. The van der Waals surface area contributed by atoms with Gasteiger partial charge in [0.25, 0.3) is 0 Å². The quantitative estimate of drug-likeness (QED) is 0.692. The molecule has 1 aliphatic rings. The number of hydrogen-bond acceptors (Lipinski definition) is 5. The highest BCUT2D eigenvalue weighted by Gasteiger charge is 2.33. The number of carbonyl (C=O) groups is 1. The largest absolute Gasteiger partial charge is 0.496 e. The van der Waals surface area contributed by atoms with Gasteiger partial charge in [-0.25, -0.2) is 4.68 Å². The van der Waals surface area contributed by atoms with Crippen molar-refractivity contribution in [3.63, 3.8) is 0 Å². The second-order valence-electron chi connectivity index (χ2n) is 7.40. The van der Waals surface area contributed by atoms with E-state index in [1.807, 2.05) is 31.3 Å². The molecule has 1 amide bonds. The van der Waals surface area contributed by atoms with Gasteiger partial charge in [-0.05, 0) is 31.5 Å². The van der Waals surface area contributed by atoms with E-state index in [9.17, 15) is 4.79 Å². The van der Waals surface area contributed by atoms with E-state index in [1.54, 1.807) is 32.1 Å². The molecule has 30 heavy (non-hydrogen) atoms. The van der Waals surface area contributed by atoms with Crippen LogP contribution >= 0.6 is 0 Å². The van der Waals surface area contributed by atoms with E-state index in [4.69, 9.17) is 14.2 Å². The summed E-state index contributed by atoms with van der Waals surface area (Å²) in [5.74, 6) is 2.18. The Labute approximate surface area is 175 Å². The third-order valence-electron chi connectivity index (χ3n) is 5.51.